The maximum atomic E-state index is 10.8. The van der Waals surface area contributed by atoms with Crippen LogP contribution in [0.4, 0.5) is 0 Å². The van der Waals surface area contributed by atoms with Gasteiger partial charge in [-0.1, -0.05) is 22.0 Å². The Morgan fingerprint density at radius 1 is 1.53 bits per heavy atom. The zero-order valence-corrected chi connectivity index (χ0v) is 11.7. The van der Waals surface area contributed by atoms with Gasteiger partial charge in [0.1, 0.15) is 11.8 Å². The molecule has 0 heterocycles. The van der Waals surface area contributed by atoms with Crippen LogP contribution >= 0.6 is 15.9 Å². The number of carboxylic acid groups (broad SMARTS) is 1. The number of ether oxygens (including phenoxy) is 1. The van der Waals surface area contributed by atoms with Crippen molar-refractivity contribution in [1.29, 1.82) is 0 Å². The quantitative estimate of drug-likeness (QED) is 0.892. The van der Waals surface area contributed by atoms with Crippen molar-refractivity contribution in [2.24, 2.45) is 5.73 Å². The molecule has 0 bridgehead atoms. The summed E-state index contributed by atoms with van der Waals surface area (Å²) in [6, 6.07) is 1.06. The Morgan fingerprint density at radius 3 is 2.59 bits per heavy atom. The van der Waals surface area contributed by atoms with E-state index in [0.717, 1.165) is 21.2 Å². The third kappa shape index (κ3) is 2.98. The first kappa shape index (κ1) is 14.0. The lowest BCUT2D eigenvalue weighted by Gasteiger charge is -2.17. The molecule has 0 aliphatic rings. The van der Waals surface area contributed by atoms with Gasteiger partial charge < -0.3 is 15.6 Å². The number of rotatable bonds is 4. The summed E-state index contributed by atoms with van der Waals surface area (Å²) in [5.41, 5.74) is 8.38. The molecule has 0 aromatic heterocycles. The van der Waals surface area contributed by atoms with Crippen LogP contribution in [-0.4, -0.2) is 24.2 Å². The molecule has 4 nitrogen and oxygen atoms in total. The number of aliphatic carboxylic acids is 1. The molecule has 1 atom stereocenters. The molecule has 0 radical (unpaired) electrons. The van der Waals surface area contributed by atoms with Crippen molar-refractivity contribution < 1.29 is 14.6 Å². The number of carboxylic acids is 1. The average molecular weight is 302 g/mol. The van der Waals surface area contributed by atoms with Crippen molar-refractivity contribution in [2.45, 2.75) is 26.3 Å². The van der Waals surface area contributed by atoms with Crippen LogP contribution < -0.4 is 10.5 Å². The second kappa shape index (κ2) is 5.51. The molecule has 5 heteroatoms. The van der Waals surface area contributed by atoms with Crippen molar-refractivity contribution in [2.75, 3.05) is 7.11 Å². The highest BCUT2D eigenvalue weighted by atomic mass is 79.9. The lowest BCUT2D eigenvalue weighted by molar-refractivity contribution is -0.138. The van der Waals surface area contributed by atoms with E-state index in [-0.39, 0.29) is 6.42 Å². The van der Waals surface area contributed by atoms with Gasteiger partial charge in [-0.3, -0.25) is 4.79 Å². The van der Waals surface area contributed by atoms with Gasteiger partial charge in [-0.25, -0.2) is 0 Å². The Bertz CT molecular complexity index is 446. The fourth-order valence-corrected chi connectivity index (χ4v) is 2.26. The molecule has 1 aromatic rings. The van der Waals surface area contributed by atoms with E-state index < -0.39 is 12.0 Å². The molecule has 0 amide bonds. The first-order chi connectivity index (χ1) is 7.88. The minimum Gasteiger partial charge on any atom is -0.496 e. The summed E-state index contributed by atoms with van der Waals surface area (Å²) in [7, 11) is 1.57. The molecule has 17 heavy (non-hydrogen) atoms. The predicted octanol–water partition coefficient (Wildman–Crippen LogP) is 2.03. The normalized spacial score (nSPS) is 12.3. The van der Waals surface area contributed by atoms with Crippen LogP contribution in [0.1, 0.15) is 16.7 Å². The van der Waals surface area contributed by atoms with Gasteiger partial charge >= 0.3 is 5.97 Å². The van der Waals surface area contributed by atoms with Crippen molar-refractivity contribution in [3.8, 4) is 5.75 Å². The number of carbonyl (C=O) groups is 1. The van der Waals surface area contributed by atoms with Crippen LogP contribution in [0.2, 0.25) is 0 Å². The molecular weight excluding hydrogens is 286 g/mol. The number of methoxy groups -OCH3 is 1. The molecule has 0 spiro atoms. The number of benzene rings is 1. The first-order valence-corrected chi connectivity index (χ1v) is 5.98. The molecule has 0 saturated carbocycles. The fourth-order valence-electron chi connectivity index (χ4n) is 1.80. The van der Waals surface area contributed by atoms with Crippen LogP contribution in [0.3, 0.4) is 0 Å². The van der Waals surface area contributed by atoms with Gasteiger partial charge in [0.2, 0.25) is 0 Å². The summed E-state index contributed by atoms with van der Waals surface area (Å²) >= 11 is 3.46. The number of hydrogen-bond donors (Lipinski definition) is 2. The molecule has 0 aliphatic heterocycles. The largest absolute Gasteiger partial charge is 0.496 e. The van der Waals surface area contributed by atoms with Crippen molar-refractivity contribution in [3.05, 3.63) is 27.2 Å². The topological polar surface area (TPSA) is 72.5 Å². The molecular formula is C12H16BrNO3. The summed E-state index contributed by atoms with van der Waals surface area (Å²) in [5.74, 6) is -0.322. The summed E-state index contributed by atoms with van der Waals surface area (Å²) in [6.07, 6.45) is 0.238. The Labute approximate surface area is 109 Å². The van der Waals surface area contributed by atoms with Crippen molar-refractivity contribution >= 4 is 21.9 Å². The molecule has 1 rings (SSSR count). The molecule has 0 saturated heterocycles. The summed E-state index contributed by atoms with van der Waals surface area (Å²) < 4.78 is 6.17. The van der Waals surface area contributed by atoms with Gasteiger partial charge in [0.05, 0.1) is 7.11 Å². The van der Waals surface area contributed by atoms with E-state index >= 15 is 0 Å². The number of hydrogen-bond acceptors (Lipinski definition) is 3. The summed E-state index contributed by atoms with van der Waals surface area (Å²) in [5, 5.41) is 8.86. The van der Waals surface area contributed by atoms with Gasteiger partial charge in [-0.2, -0.15) is 0 Å². The first-order valence-electron chi connectivity index (χ1n) is 5.19. The van der Waals surface area contributed by atoms with Crippen molar-refractivity contribution in [1.82, 2.24) is 0 Å². The van der Waals surface area contributed by atoms with Gasteiger partial charge in [-0.15, -0.1) is 0 Å². The van der Waals surface area contributed by atoms with Crippen molar-refractivity contribution in [3.63, 3.8) is 0 Å². The van der Waals surface area contributed by atoms with E-state index in [4.69, 9.17) is 15.6 Å². The number of halogens is 1. The number of aryl methyl sites for hydroxylation is 2. The minimum atomic E-state index is -1.02. The maximum Gasteiger partial charge on any atom is 0.320 e. The summed E-state index contributed by atoms with van der Waals surface area (Å²) in [4.78, 5) is 10.8. The minimum absolute atomic E-state index is 0.238. The van der Waals surface area contributed by atoms with Crippen LogP contribution in [0.15, 0.2) is 10.5 Å². The van der Waals surface area contributed by atoms with Gasteiger partial charge in [0.15, 0.2) is 0 Å². The highest BCUT2D eigenvalue weighted by Crippen LogP contribution is 2.34. The Morgan fingerprint density at radius 2 is 2.12 bits per heavy atom. The standard InChI is InChI=1S/C12H16BrNO3/c1-6-4-7(2)11(17-3)8(10(6)13)5-9(14)12(15)16/h4,9H,5,14H2,1-3H3,(H,15,16). The molecule has 3 N–H and O–H groups in total. The second-order valence-corrected chi connectivity index (χ2v) is 4.78. The van der Waals surface area contributed by atoms with Crippen LogP contribution in [0.5, 0.6) is 5.75 Å². The zero-order valence-electron chi connectivity index (χ0n) is 10.1. The smallest absolute Gasteiger partial charge is 0.320 e. The molecule has 1 aromatic carbocycles. The Hall–Kier alpha value is -1.07. The van der Waals surface area contributed by atoms with E-state index in [0.29, 0.717) is 5.75 Å². The molecule has 94 valence electrons. The fraction of sp³-hybridized carbons (Fsp3) is 0.417. The van der Waals surface area contributed by atoms with Crippen LogP contribution in [0.25, 0.3) is 0 Å². The monoisotopic (exact) mass is 301 g/mol. The average Bonchev–Trinajstić information content (AvgIpc) is 2.25. The van der Waals surface area contributed by atoms with E-state index in [9.17, 15) is 4.79 Å². The molecule has 0 fully saturated rings. The molecule has 1 unspecified atom stereocenters. The van der Waals surface area contributed by atoms with Gasteiger partial charge in [0, 0.05) is 16.5 Å². The Balaban J connectivity index is 3.25. The third-order valence-corrected chi connectivity index (χ3v) is 3.73. The van der Waals surface area contributed by atoms with E-state index in [1.807, 2.05) is 19.9 Å². The Kier molecular flexibility index (Phi) is 4.54. The van der Waals surface area contributed by atoms with E-state index in [2.05, 4.69) is 15.9 Å². The third-order valence-electron chi connectivity index (χ3n) is 2.62. The lowest BCUT2D eigenvalue weighted by Crippen LogP contribution is -2.32. The zero-order chi connectivity index (χ0) is 13.2. The SMILES string of the molecule is COc1c(C)cc(C)c(Br)c1CC(N)C(=O)O. The van der Waals surface area contributed by atoms with E-state index in [1.165, 1.54) is 0 Å². The lowest BCUT2D eigenvalue weighted by atomic mass is 10.00. The number of nitrogens with two attached hydrogens (primary N) is 1. The van der Waals surface area contributed by atoms with Gasteiger partial charge in [0.25, 0.3) is 0 Å². The van der Waals surface area contributed by atoms with E-state index in [1.54, 1.807) is 7.11 Å². The highest BCUT2D eigenvalue weighted by Gasteiger charge is 2.19. The second-order valence-electron chi connectivity index (χ2n) is 3.99. The van der Waals surface area contributed by atoms with Crippen LogP contribution in [-0.2, 0) is 11.2 Å². The summed E-state index contributed by atoms with van der Waals surface area (Å²) in [6.45, 7) is 3.88. The predicted molar refractivity (Wildman–Crippen MR) is 69.5 cm³/mol. The molecule has 0 aliphatic carbocycles. The van der Waals surface area contributed by atoms with Gasteiger partial charge in [-0.05, 0) is 25.0 Å². The van der Waals surface area contributed by atoms with Crippen LogP contribution in [0, 0.1) is 13.8 Å². The maximum absolute atomic E-state index is 10.8. The highest BCUT2D eigenvalue weighted by molar-refractivity contribution is 9.10.